The van der Waals surface area contributed by atoms with Crippen LogP contribution in [0.1, 0.15) is 28.1 Å². The van der Waals surface area contributed by atoms with Gasteiger partial charge in [-0.25, -0.2) is 0 Å². The molecule has 2 aromatic rings. The lowest BCUT2D eigenvalue weighted by Gasteiger charge is -2.34. The molecule has 3 rings (SSSR count). The van der Waals surface area contributed by atoms with Gasteiger partial charge < -0.3 is 9.63 Å². The molecule has 0 saturated carbocycles. The number of aromatic nitrogens is 1. The van der Waals surface area contributed by atoms with Crippen LogP contribution in [0.2, 0.25) is 0 Å². The van der Waals surface area contributed by atoms with E-state index in [0.717, 1.165) is 61.8 Å². The van der Waals surface area contributed by atoms with Gasteiger partial charge in [0, 0.05) is 50.9 Å². The third kappa shape index (κ3) is 3.92. The summed E-state index contributed by atoms with van der Waals surface area (Å²) in [4.78, 5) is 4.79. The summed E-state index contributed by atoms with van der Waals surface area (Å²) < 4.78 is 5.13. The molecule has 1 fully saturated rings. The predicted octanol–water partition coefficient (Wildman–Crippen LogP) is 2.62. The standard InChI is InChI=1S/C18H25N3O2/c1-13-8-16(18(22)9-14(13)2)11-20-4-6-21(7-5-20)12-17-10-15(3)23-19-17/h8-10,22H,4-7,11-12H2,1-3H3. The monoisotopic (exact) mass is 315 g/mol. The number of nitrogens with zero attached hydrogens (tertiary/aromatic N) is 3. The molecule has 23 heavy (non-hydrogen) atoms. The maximum Gasteiger partial charge on any atom is 0.133 e. The fourth-order valence-corrected chi connectivity index (χ4v) is 3.06. The summed E-state index contributed by atoms with van der Waals surface area (Å²) in [5.41, 5.74) is 4.40. The lowest BCUT2D eigenvalue weighted by atomic mass is 10.0. The highest BCUT2D eigenvalue weighted by Crippen LogP contribution is 2.23. The number of hydrogen-bond donors (Lipinski definition) is 1. The third-order valence-electron chi connectivity index (χ3n) is 4.62. The van der Waals surface area contributed by atoms with Gasteiger partial charge in [-0.3, -0.25) is 9.80 Å². The largest absolute Gasteiger partial charge is 0.508 e. The van der Waals surface area contributed by atoms with Gasteiger partial charge >= 0.3 is 0 Å². The van der Waals surface area contributed by atoms with Crippen LogP contribution in [-0.4, -0.2) is 46.2 Å². The summed E-state index contributed by atoms with van der Waals surface area (Å²) in [5.74, 6) is 1.28. The molecule has 0 aliphatic carbocycles. The van der Waals surface area contributed by atoms with E-state index in [1.807, 2.05) is 26.0 Å². The predicted molar refractivity (Wildman–Crippen MR) is 89.4 cm³/mol. The Hall–Kier alpha value is -1.85. The van der Waals surface area contributed by atoms with Gasteiger partial charge in [-0.05, 0) is 38.0 Å². The number of hydrogen-bond acceptors (Lipinski definition) is 5. The number of phenols is 1. The molecular weight excluding hydrogens is 290 g/mol. The molecule has 1 aliphatic heterocycles. The van der Waals surface area contributed by atoms with Gasteiger partial charge in [0.05, 0.1) is 5.69 Å². The average molecular weight is 315 g/mol. The van der Waals surface area contributed by atoms with E-state index in [-0.39, 0.29) is 0 Å². The molecule has 1 N–H and O–H groups in total. The minimum absolute atomic E-state index is 0.411. The lowest BCUT2D eigenvalue weighted by molar-refractivity contribution is 0.119. The summed E-state index contributed by atoms with van der Waals surface area (Å²) in [7, 11) is 0. The van der Waals surface area contributed by atoms with Gasteiger partial charge in [0.2, 0.25) is 0 Å². The van der Waals surface area contributed by atoms with Crippen LogP contribution in [0.15, 0.2) is 22.7 Å². The van der Waals surface area contributed by atoms with E-state index in [0.29, 0.717) is 5.75 Å². The number of aryl methyl sites for hydroxylation is 3. The summed E-state index contributed by atoms with van der Waals surface area (Å²) in [6.07, 6.45) is 0. The van der Waals surface area contributed by atoms with E-state index in [1.165, 1.54) is 5.56 Å². The van der Waals surface area contributed by atoms with Crippen molar-refractivity contribution in [2.24, 2.45) is 0 Å². The Balaban J connectivity index is 1.54. The molecule has 5 heteroatoms. The molecule has 0 bridgehead atoms. The first-order chi connectivity index (χ1) is 11.0. The average Bonchev–Trinajstić information content (AvgIpc) is 2.92. The molecule has 1 saturated heterocycles. The first-order valence-corrected chi connectivity index (χ1v) is 8.17. The van der Waals surface area contributed by atoms with Crippen LogP contribution in [0.3, 0.4) is 0 Å². The quantitative estimate of drug-likeness (QED) is 0.940. The van der Waals surface area contributed by atoms with Gasteiger partial charge in [-0.2, -0.15) is 0 Å². The third-order valence-corrected chi connectivity index (χ3v) is 4.62. The van der Waals surface area contributed by atoms with Gasteiger partial charge in [0.1, 0.15) is 11.5 Å². The van der Waals surface area contributed by atoms with Crippen LogP contribution in [0.5, 0.6) is 5.75 Å². The minimum Gasteiger partial charge on any atom is -0.508 e. The molecule has 0 atom stereocenters. The Morgan fingerprint density at radius 1 is 0.957 bits per heavy atom. The molecule has 0 radical (unpaired) electrons. The van der Waals surface area contributed by atoms with Crippen molar-refractivity contribution in [3.05, 3.63) is 46.3 Å². The van der Waals surface area contributed by atoms with Gasteiger partial charge in [0.25, 0.3) is 0 Å². The van der Waals surface area contributed by atoms with Crippen LogP contribution < -0.4 is 0 Å². The summed E-state index contributed by atoms with van der Waals surface area (Å²) in [6, 6.07) is 5.97. The number of phenolic OH excluding ortho intramolecular Hbond substituents is 1. The van der Waals surface area contributed by atoms with Gasteiger partial charge in [0.15, 0.2) is 0 Å². The fraction of sp³-hybridized carbons (Fsp3) is 0.500. The zero-order valence-corrected chi connectivity index (χ0v) is 14.2. The Morgan fingerprint density at radius 2 is 1.57 bits per heavy atom. The highest BCUT2D eigenvalue weighted by molar-refractivity contribution is 5.40. The highest BCUT2D eigenvalue weighted by Gasteiger charge is 2.19. The Bertz CT molecular complexity index is 673. The molecule has 2 heterocycles. The summed E-state index contributed by atoms with van der Waals surface area (Å²) >= 11 is 0. The van der Waals surface area contributed by atoms with E-state index in [9.17, 15) is 5.11 Å². The van der Waals surface area contributed by atoms with Gasteiger partial charge in [-0.15, -0.1) is 0 Å². The fourth-order valence-electron chi connectivity index (χ4n) is 3.06. The number of rotatable bonds is 4. The van der Waals surface area contributed by atoms with Crippen molar-refractivity contribution >= 4 is 0 Å². The number of aromatic hydroxyl groups is 1. The van der Waals surface area contributed by atoms with Crippen LogP contribution in [0.4, 0.5) is 0 Å². The lowest BCUT2D eigenvalue weighted by Crippen LogP contribution is -2.45. The second kappa shape index (κ2) is 6.72. The Kier molecular flexibility index (Phi) is 4.68. The molecule has 1 aliphatic rings. The first-order valence-electron chi connectivity index (χ1n) is 8.17. The summed E-state index contributed by atoms with van der Waals surface area (Å²) in [6.45, 7) is 11.7. The normalized spacial score (nSPS) is 16.8. The van der Waals surface area contributed by atoms with Crippen LogP contribution in [0, 0.1) is 20.8 Å². The molecule has 0 spiro atoms. The Labute approximate surface area is 137 Å². The zero-order valence-electron chi connectivity index (χ0n) is 14.2. The maximum absolute atomic E-state index is 10.1. The van der Waals surface area contributed by atoms with E-state index < -0.39 is 0 Å². The zero-order chi connectivity index (χ0) is 16.4. The second-order valence-corrected chi connectivity index (χ2v) is 6.55. The van der Waals surface area contributed by atoms with Crippen LogP contribution in [0.25, 0.3) is 0 Å². The topological polar surface area (TPSA) is 52.7 Å². The first kappa shape index (κ1) is 16.0. The minimum atomic E-state index is 0.411. The van der Waals surface area contributed by atoms with Crippen molar-refractivity contribution in [1.29, 1.82) is 0 Å². The van der Waals surface area contributed by atoms with Crippen molar-refractivity contribution in [2.75, 3.05) is 26.2 Å². The van der Waals surface area contributed by atoms with Crippen molar-refractivity contribution in [3.63, 3.8) is 0 Å². The van der Waals surface area contributed by atoms with Crippen molar-refractivity contribution in [2.45, 2.75) is 33.9 Å². The molecule has 0 amide bonds. The van der Waals surface area contributed by atoms with E-state index >= 15 is 0 Å². The van der Waals surface area contributed by atoms with Gasteiger partial charge in [-0.1, -0.05) is 11.2 Å². The second-order valence-electron chi connectivity index (χ2n) is 6.55. The smallest absolute Gasteiger partial charge is 0.133 e. The van der Waals surface area contributed by atoms with Crippen LogP contribution in [-0.2, 0) is 13.1 Å². The van der Waals surface area contributed by atoms with E-state index in [1.54, 1.807) is 0 Å². The van der Waals surface area contributed by atoms with Crippen molar-refractivity contribution in [1.82, 2.24) is 15.0 Å². The van der Waals surface area contributed by atoms with Crippen molar-refractivity contribution in [3.8, 4) is 5.75 Å². The highest BCUT2D eigenvalue weighted by atomic mass is 16.5. The van der Waals surface area contributed by atoms with Crippen LogP contribution >= 0.6 is 0 Å². The molecule has 1 aromatic carbocycles. The molecule has 0 unspecified atom stereocenters. The molecule has 124 valence electrons. The number of piperazine rings is 1. The maximum atomic E-state index is 10.1. The Morgan fingerprint density at radius 3 is 2.17 bits per heavy atom. The molecular formula is C18H25N3O2. The van der Waals surface area contributed by atoms with E-state index in [2.05, 4.69) is 27.9 Å². The van der Waals surface area contributed by atoms with Crippen molar-refractivity contribution < 1.29 is 9.63 Å². The number of benzene rings is 1. The molecule has 5 nitrogen and oxygen atoms in total. The summed E-state index contributed by atoms with van der Waals surface area (Å²) in [5, 5.41) is 14.2. The molecule has 1 aromatic heterocycles. The van der Waals surface area contributed by atoms with E-state index in [4.69, 9.17) is 4.52 Å². The SMILES string of the molecule is Cc1cc(CN2CCN(Cc3cc(C)c(C)cc3O)CC2)no1.